The second kappa shape index (κ2) is 9.09. The highest BCUT2D eigenvalue weighted by atomic mass is 32.1. The fraction of sp³-hybridized carbons (Fsp3) is 0.333. The molecule has 0 saturated heterocycles. The molecular formula is C15H19N3O4S. The highest BCUT2D eigenvalue weighted by Gasteiger charge is 2.16. The van der Waals surface area contributed by atoms with E-state index in [-0.39, 0.29) is 17.6 Å². The van der Waals surface area contributed by atoms with E-state index in [1.54, 1.807) is 30.7 Å². The molecule has 0 spiro atoms. The molecule has 0 aliphatic heterocycles. The number of carbonyl (C=O) groups is 2. The molecule has 2 heterocycles. The van der Waals surface area contributed by atoms with Gasteiger partial charge in [0, 0.05) is 26.7 Å². The number of hydrogen-bond donors (Lipinski definition) is 3. The van der Waals surface area contributed by atoms with Gasteiger partial charge in [0.25, 0.3) is 11.8 Å². The highest BCUT2D eigenvalue weighted by molar-refractivity contribution is 7.14. The van der Waals surface area contributed by atoms with Crippen molar-refractivity contribution in [1.29, 1.82) is 0 Å². The van der Waals surface area contributed by atoms with Gasteiger partial charge in [0.15, 0.2) is 5.76 Å². The van der Waals surface area contributed by atoms with Gasteiger partial charge in [0.05, 0.1) is 18.4 Å². The first-order valence-electron chi connectivity index (χ1n) is 7.12. The molecule has 23 heavy (non-hydrogen) atoms. The van der Waals surface area contributed by atoms with Gasteiger partial charge >= 0.3 is 0 Å². The minimum atomic E-state index is -0.382. The van der Waals surface area contributed by atoms with Crippen LogP contribution in [0.4, 0.5) is 5.00 Å². The molecule has 0 aliphatic rings. The molecule has 124 valence electrons. The first kappa shape index (κ1) is 17.2. The number of hydrogen-bond acceptors (Lipinski definition) is 6. The zero-order valence-corrected chi connectivity index (χ0v) is 13.6. The van der Waals surface area contributed by atoms with Gasteiger partial charge < -0.3 is 25.1 Å². The van der Waals surface area contributed by atoms with Crippen molar-refractivity contribution >= 4 is 28.2 Å². The van der Waals surface area contributed by atoms with Crippen LogP contribution in [0.2, 0.25) is 0 Å². The van der Waals surface area contributed by atoms with Gasteiger partial charge in [-0.05, 0) is 23.6 Å². The molecule has 3 N–H and O–H groups in total. The maximum atomic E-state index is 12.2. The Hall–Kier alpha value is -2.16. The maximum absolute atomic E-state index is 12.2. The number of ether oxygens (including phenoxy) is 1. The van der Waals surface area contributed by atoms with E-state index in [0.29, 0.717) is 30.3 Å². The summed E-state index contributed by atoms with van der Waals surface area (Å²) in [6.45, 7) is 2.49. The van der Waals surface area contributed by atoms with E-state index in [4.69, 9.17) is 9.15 Å². The first-order valence-corrected chi connectivity index (χ1v) is 8.00. The van der Waals surface area contributed by atoms with Crippen molar-refractivity contribution in [2.75, 3.05) is 38.7 Å². The Bertz CT molecular complexity index is 624. The summed E-state index contributed by atoms with van der Waals surface area (Å²) in [6.07, 6.45) is 1.42. The summed E-state index contributed by atoms with van der Waals surface area (Å²) in [7, 11) is 1.64. The van der Waals surface area contributed by atoms with Crippen LogP contribution in [0, 0.1) is 0 Å². The molecule has 0 unspecified atom stereocenters. The van der Waals surface area contributed by atoms with Gasteiger partial charge in [0.1, 0.15) is 5.00 Å². The van der Waals surface area contributed by atoms with Crippen LogP contribution in [0.3, 0.4) is 0 Å². The molecule has 7 nitrogen and oxygen atoms in total. The Morgan fingerprint density at radius 3 is 2.83 bits per heavy atom. The Morgan fingerprint density at radius 2 is 2.09 bits per heavy atom. The molecule has 2 amide bonds. The van der Waals surface area contributed by atoms with Gasteiger partial charge in [-0.15, -0.1) is 11.3 Å². The van der Waals surface area contributed by atoms with Crippen LogP contribution in [0.25, 0.3) is 0 Å². The monoisotopic (exact) mass is 337 g/mol. The van der Waals surface area contributed by atoms with E-state index in [1.807, 2.05) is 0 Å². The van der Waals surface area contributed by atoms with Crippen molar-refractivity contribution in [3.8, 4) is 0 Å². The largest absolute Gasteiger partial charge is 0.459 e. The van der Waals surface area contributed by atoms with Crippen molar-refractivity contribution < 1.29 is 18.7 Å². The zero-order chi connectivity index (χ0) is 16.5. The molecule has 0 saturated carbocycles. The summed E-state index contributed by atoms with van der Waals surface area (Å²) in [5, 5.41) is 10.9. The van der Waals surface area contributed by atoms with Crippen molar-refractivity contribution in [3.63, 3.8) is 0 Å². The molecule has 2 aromatic rings. The van der Waals surface area contributed by atoms with Crippen LogP contribution in [0.15, 0.2) is 34.3 Å². The minimum absolute atomic E-state index is 0.201. The topological polar surface area (TPSA) is 92.6 Å². The number of amides is 2. The van der Waals surface area contributed by atoms with E-state index in [0.717, 1.165) is 6.54 Å². The number of furan rings is 1. The Morgan fingerprint density at radius 1 is 1.22 bits per heavy atom. The second-order valence-electron chi connectivity index (χ2n) is 4.59. The van der Waals surface area contributed by atoms with Crippen LogP contribution in [-0.4, -0.2) is 45.2 Å². The molecule has 0 atom stereocenters. The molecule has 2 aromatic heterocycles. The van der Waals surface area contributed by atoms with Crippen LogP contribution >= 0.6 is 11.3 Å². The number of rotatable bonds is 9. The predicted molar refractivity (Wildman–Crippen MR) is 88.1 cm³/mol. The molecular weight excluding hydrogens is 318 g/mol. The van der Waals surface area contributed by atoms with Crippen molar-refractivity contribution in [2.45, 2.75) is 0 Å². The Kier molecular flexibility index (Phi) is 6.79. The fourth-order valence-corrected chi connectivity index (χ4v) is 2.60. The van der Waals surface area contributed by atoms with Crippen LogP contribution in [0.1, 0.15) is 20.9 Å². The average Bonchev–Trinajstić information content (AvgIpc) is 3.21. The van der Waals surface area contributed by atoms with E-state index < -0.39 is 0 Å². The summed E-state index contributed by atoms with van der Waals surface area (Å²) < 4.78 is 9.94. The van der Waals surface area contributed by atoms with Crippen LogP contribution in [0.5, 0.6) is 0 Å². The van der Waals surface area contributed by atoms with E-state index in [2.05, 4.69) is 16.0 Å². The van der Waals surface area contributed by atoms with Crippen molar-refractivity contribution in [3.05, 3.63) is 41.2 Å². The quantitative estimate of drug-likeness (QED) is 0.604. The lowest BCUT2D eigenvalue weighted by Gasteiger charge is -2.08. The standard InChI is InChI=1S/C15H19N3O4S/c1-21-9-7-16-5-6-17-13(19)11-4-10-23-15(11)18-14(20)12-3-2-8-22-12/h2-4,8,10,16H,5-7,9H2,1H3,(H,17,19)(H,18,20). The van der Waals surface area contributed by atoms with Crippen LogP contribution in [-0.2, 0) is 4.74 Å². The van der Waals surface area contributed by atoms with E-state index in [9.17, 15) is 9.59 Å². The van der Waals surface area contributed by atoms with Crippen molar-refractivity contribution in [1.82, 2.24) is 10.6 Å². The van der Waals surface area contributed by atoms with Gasteiger partial charge in [-0.1, -0.05) is 0 Å². The minimum Gasteiger partial charge on any atom is -0.459 e. The third kappa shape index (κ3) is 5.20. The molecule has 0 bridgehead atoms. The van der Waals surface area contributed by atoms with E-state index in [1.165, 1.54) is 17.6 Å². The average molecular weight is 337 g/mol. The van der Waals surface area contributed by atoms with Gasteiger partial charge in [-0.25, -0.2) is 0 Å². The third-order valence-electron chi connectivity index (χ3n) is 2.95. The van der Waals surface area contributed by atoms with Gasteiger partial charge in [0.2, 0.25) is 0 Å². The number of carbonyl (C=O) groups excluding carboxylic acids is 2. The smallest absolute Gasteiger partial charge is 0.291 e. The number of methoxy groups -OCH3 is 1. The lowest BCUT2D eigenvalue weighted by Crippen LogP contribution is -2.33. The normalized spacial score (nSPS) is 10.5. The van der Waals surface area contributed by atoms with Gasteiger partial charge in [-0.3, -0.25) is 9.59 Å². The molecule has 0 radical (unpaired) electrons. The SMILES string of the molecule is COCCNCCNC(=O)c1ccsc1NC(=O)c1ccco1. The van der Waals surface area contributed by atoms with Crippen LogP contribution < -0.4 is 16.0 Å². The summed E-state index contributed by atoms with van der Waals surface area (Å²) in [5.41, 5.74) is 0.437. The maximum Gasteiger partial charge on any atom is 0.291 e. The number of nitrogens with one attached hydrogen (secondary N) is 3. The molecule has 0 fully saturated rings. The fourth-order valence-electron chi connectivity index (χ4n) is 1.82. The first-order chi connectivity index (χ1) is 11.2. The van der Waals surface area contributed by atoms with Gasteiger partial charge in [-0.2, -0.15) is 0 Å². The predicted octanol–water partition coefficient (Wildman–Crippen LogP) is 1.56. The molecule has 8 heteroatoms. The summed E-state index contributed by atoms with van der Waals surface area (Å²) >= 11 is 1.29. The third-order valence-corrected chi connectivity index (χ3v) is 3.78. The number of anilines is 1. The summed E-state index contributed by atoms with van der Waals surface area (Å²) in [6, 6.07) is 4.87. The van der Waals surface area contributed by atoms with Crippen molar-refractivity contribution in [2.24, 2.45) is 0 Å². The Labute approximate surface area is 138 Å². The number of thiophene rings is 1. The lowest BCUT2D eigenvalue weighted by atomic mass is 10.3. The zero-order valence-electron chi connectivity index (χ0n) is 12.8. The molecule has 0 aliphatic carbocycles. The Balaban J connectivity index is 1.82. The highest BCUT2D eigenvalue weighted by Crippen LogP contribution is 2.23. The molecule has 0 aromatic carbocycles. The summed E-state index contributed by atoms with van der Waals surface area (Å²) in [4.78, 5) is 24.1. The lowest BCUT2D eigenvalue weighted by molar-refractivity contribution is 0.0955. The second-order valence-corrected chi connectivity index (χ2v) is 5.51. The summed E-state index contributed by atoms with van der Waals surface area (Å²) in [5.74, 6) is -0.408. The van der Waals surface area contributed by atoms with E-state index >= 15 is 0 Å². The molecule has 2 rings (SSSR count).